The van der Waals surface area contributed by atoms with Crippen molar-refractivity contribution in [2.45, 2.75) is 33.2 Å². The molecule has 7 nitrogen and oxygen atoms in total. The number of aryl methyl sites for hydroxylation is 1. The van der Waals surface area contributed by atoms with Gasteiger partial charge in [0.1, 0.15) is 11.5 Å². The number of carbonyl (C=O) groups excluding carboxylic acids is 2. The van der Waals surface area contributed by atoms with Gasteiger partial charge in [0.05, 0.1) is 38.9 Å². The third-order valence-corrected chi connectivity index (χ3v) is 5.66. The summed E-state index contributed by atoms with van der Waals surface area (Å²) in [4.78, 5) is 33.0. The van der Waals surface area contributed by atoms with Crippen LogP contribution >= 0.6 is 0 Å². The summed E-state index contributed by atoms with van der Waals surface area (Å²) in [5.74, 6) is -0.292. The van der Waals surface area contributed by atoms with E-state index in [9.17, 15) is 14.7 Å². The molecule has 176 valence electrons. The van der Waals surface area contributed by atoms with E-state index < -0.39 is 17.7 Å². The van der Waals surface area contributed by atoms with Gasteiger partial charge in [0.2, 0.25) is 0 Å². The first kappa shape index (κ1) is 24.5. The van der Waals surface area contributed by atoms with Crippen LogP contribution in [0.3, 0.4) is 0 Å². The number of hydrogen-bond donors (Lipinski definition) is 2. The first-order valence-electron chi connectivity index (χ1n) is 11.4. The molecule has 2 N–H and O–H groups in total. The van der Waals surface area contributed by atoms with Crippen molar-refractivity contribution in [1.82, 2.24) is 9.88 Å². The van der Waals surface area contributed by atoms with Gasteiger partial charge in [-0.2, -0.15) is 0 Å². The lowest BCUT2D eigenvalue weighted by atomic mass is 9.95. The lowest BCUT2D eigenvalue weighted by molar-refractivity contribution is -0.858. The van der Waals surface area contributed by atoms with Crippen LogP contribution in [0.5, 0.6) is 5.75 Å². The van der Waals surface area contributed by atoms with E-state index in [1.54, 1.807) is 47.6 Å². The van der Waals surface area contributed by atoms with E-state index in [1.807, 2.05) is 21.0 Å². The molecule has 1 aliphatic heterocycles. The molecule has 2 aromatic rings. The van der Waals surface area contributed by atoms with Crippen molar-refractivity contribution in [3.05, 3.63) is 65.0 Å². The van der Waals surface area contributed by atoms with Crippen molar-refractivity contribution in [2.75, 3.05) is 33.8 Å². The number of pyridine rings is 1. The topological polar surface area (TPSA) is 84.2 Å². The number of benzene rings is 1. The number of rotatable bonds is 9. The van der Waals surface area contributed by atoms with Crippen LogP contribution in [0.2, 0.25) is 0 Å². The van der Waals surface area contributed by atoms with Crippen molar-refractivity contribution in [2.24, 2.45) is 5.92 Å². The molecule has 7 heteroatoms. The van der Waals surface area contributed by atoms with Crippen molar-refractivity contribution >= 4 is 17.4 Å². The molecule has 0 aliphatic carbocycles. The van der Waals surface area contributed by atoms with Gasteiger partial charge in [-0.15, -0.1) is 0 Å². The summed E-state index contributed by atoms with van der Waals surface area (Å²) in [6, 6.07) is 8.22. The van der Waals surface area contributed by atoms with Crippen LogP contribution < -0.4 is 9.64 Å². The molecule has 0 saturated carbocycles. The number of ketones is 1. The minimum Gasteiger partial charge on any atom is -0.507 e. The van der Waals surface area contributed by atoms with E-state index >= 15 is 0 Å². The Balaban J connectivity index is 2.01. The Morgan fingerprint density at radius 3 is 2.48 bits per heavy atom. The average molecular weight is 453 g/mol. The molecular formula is C26H34N3O4+. The molecule has 3 rings (SSSR count). The summed E-state index contributed by atoms with van der Waals surface area (Å²) < 4.78 is 5.83. The number of ether oxygens (including phenoxy) is 1. The molecular weight excluding hydrogens is 418 g/mol. The number of quaternary nitrogens is 1. The maximum atomic E-state index is 13.1. The van der Waals surface area contributed by atoms with Gasteiger partial charge < -0.3 is 19.6 Å². The number of carbonyl (C=O) groups is 2. The quantitative estimate of drug-likeness (QED) is 0.347. The van der Waals surface area contributed by atoms with E-state index in [-0.39, 0.29) is 11.3 Å². The molecule has 0 spiro atoms. The summed E-state index contributed by atoms with van der Waals surface area (Å²) in [5.41, 5.74) is 2.19. The third kappa shape index (κ3) is 5.60. The normalized spacial score (nSPS) is 17.9. The number of nitrogens with zero attached hydrogens (tertiary/aromatic N) is 2. The molecule has 1 aromatic heterocycles. The molecule has 2 heterocycles. The van der Waals surface area contributed by atoms with Gasteiger partial charge in [0.15, 0.2) is 0 Å². The Kier molecular flexibility index (Phi) is 7.87. The van der Waals surface area contributed by atoms with E-state index in [4.69, 9.17) is 4.74 Å². The highest BCUT2D eigenvalue weighted by molar-refractivity contribution is 6.46. The van der Waals surface area contributed by atoms with Crippen LogP contribution in [-0.4, -0.2) is 60.5 Å². The van der Waals surface area contributed by atoms with Crippen LogP contribution in [0.1, 0.15) is 43.0 Å². The maximum absolute atomic E-state index is 13.1. The standard InChI is InChI=1S/C26H33N3O4/c1-17(2)16-33-21-8-7-20(15-18(21)3)24(30)22-23(19-9-11-27-12-10-19)29(26(32)25(22)31)14-6-13-28(4)5/h7-12,15,17,23,30H,6,13-14,16H2,1-5H3/p+1. The highest BCUT2D eigenvalue weighted by atomic mass is 16.5. The first-order valence-corrected chi connectivity index (χ1v) is 11.4. The largest absolute Gasteiger partial charge is 0.507 e. The molecule has 33 heavy (non-hydrogen) atoms. The van der Waals surface area contributed by atoms with Gasteiger partial charge in [-0.25, -0.2) is 0 Å². The fourth-order valence-electron chi connectivity index (χ4n) is 3.98. The number of nitrogens with one attached hydrogen (secondary N) is 1. The zero-order chi connectivity index (χ0) is 24.1. The maximum Gasteiger partial charge on any atom is 0.295 e. The summed E-state index contributed by atoms with van der Waals surface area (Å²) in [6.07, 6.45) is 4.01. The summed E-state index contributed by atoms with van der Waals surface area (Å²) in [7, 11) is 4.09. The molecule has 0 radical (unpaired) electrons. The van der Waals surface area contributed by atoms with Crippen molar-refractivity contribution < 1.29 is 24.3 Å². The SMILES string of the molecule is Cc1cc(C(O)=C2C(=O)C(=O)N(CCC[NH+](C)C)C2c2ccncc2)ccc1OCC(C)C. The first-order chi connectivity index (χ1) is 15.7. The van der Waals surface area contributed by atoms with Gasteiger partial charge in [-0.1, -0.05) is 13.8 Å². The summed E-state index contributed by atoms with van der Waals surface area (Å²) in [5, 5.41) is 11.2. The summed E-state index contributed by atoms with van der Waals surface area (Å²) >= 11 is 0. The molecule has 0 bridgehead atoms. The molecule has 1 atom stereocenters. The van der Waals surface area contributed by atoms with Gasteiger partial charge in [-0.05, 0) is 54.3 Å². The van der Waals surface area contributed by atoms with Crippen LogP contribution in [0.4, 0.5) is 0 Å². The lowest BCUT2D eigenvalue weighted by Gasteiger charge is -2.25. The van der Waals surface area contributed by atoms with Crippen LogP contribution in [0.25, 0.3) is 5.76 Å². The molecule has 1 unspecified atom stereocenters. The van der Waals surface area contributed by atoms with Gasteiger partial charge in [-0.3, -0.25) is 14.6 Å². The van der Waals surface area contributed by atoms with E-state index in [0.717, 1.165) is 29.8 Å². The molecule has 1 fully saturated rings. The number of likely N-dealkylation sites (tertiary alicyclic amines) is 1. The Morgan fingerprint density at radius 2 is 1.88 bits per heavy atom. The van der Waals surface area contributed by atoms with Crippen LogP contribution in [0.15, 0.2) is 48.3 Å². The molecule has 1 saturated heterocycles. The second-order valence-electron chi connectivity index (χ2n) is 9.27. The fourth-order valence-corrected chi connectivity index (χ4v) is 3.98. The smallest absolute Gasteiger partial charge is 0.295 e. The van der Waals surface area contributed by atoms with Crippen molar-refractivity contribution in [3.63, 3.8) is 0 Å². The monoisotopic (exact) mass is 452 g/mol. The van der Waals surface area contributed by atoms with Crippen molar-refractivity contribution in [3.8, 4) is 5.75 Å². The average Bonchev–Trinajstić information content (AvgIpc) is 3.03. The second-order valence-corrected chi connectivity index (χ2v) is 9.27. The van der Waals surface area contributed by atoms with Gasteiger partial charge in [0.25, 0.3) is 11.7 Å². The predicted molar refractivity (Wildman–Crippen MR) is 127 cm³/mol. The number of aromatic nitrogens is 1. The summed E-state index contributed by atoms with van der Waals surface area (Å²) in [6.45, 7) is 7.94. The number of amides is 1. The minimum atomic E-state index is -0.663. The fraction of sp³-hybridized carbons (Fsp3) is 0.423. The number of aliphatic hydroxyl groups excluding tert-OH is 1. The Morgan fingerprint density at radius 1 is 1.18 bits per heavy atom. The highest BCUT2D eigenvalue weighted by Crippen LogP contribution is 2.39. The number of aliphatic hydroxyl groups is 1. The lowest BCUT2D eigenvalue weighted by Crippen LogP contribution is -3.05. The molecule has 1 aliphatic rings. The van der Waals surface area contributed by atoms with Gasteiger partial charge in [0, 0.05) is 30.9 Å². The Bertz CT molecular complexity index is 1030. The Hall–Kier alpha value is -3.19. The Labute approximate surface area is 195 Å². The van der Waals surface area contributed by atoms with Crippen LogP contribution in [-0.2, 0) is 9.59 Å². The predicted octanol–water partition coefficient (Wildman–Crippen LogP) is 2.38. The van der Waals surface area contributed by atoms with Gasteiger partial charge >= 0.3 is 0 Å². The highest BCUT2D eigenvalue weighted by Gasteiger charge is 2.45. The van der Waals surface area contributed by atoms with E-state index in [0.29, 0.717) is 24.6 Å². The van der Waals surface area contributed by atoms with Crippen LogP contribution in [0, 0.1) is 12.8 Å². The zero-order valence-corrected chi connectivity index (χ0v) is 20.1. The minimum absolute atomic E-state index is 0.110. The zero-order valence-electron chi connectivity index (χ0n) is 20.1. The van der Waals surface area contributed by atoms with E-state index in [1.165, 1.54) is 4.90 Å². The second kappa shape index (κ2) is 10.6. The number of Topliss-reactive ketones (excluding diaryl/α,β-unsaturated/α-hetero) is 1. The van der Waals surface area contributed by atoms with Crippen molar-refractivity contribution in [1.29, 1.82) is 0 Å². The molecule has 1 aromatic carbocycles. The number of hydrogen-bond acceptors (Lipinski definition) is 5. The molecule has 1 amide bonds. The third-order valence-electron chi connectivity index (χ3n) is 5.66. The van der Waals surface area contributed by atoms with E-state index in [2.05, 4.69) is 18.8 Å².